The standard InChI is InChI=1S/C19H34N4O3/c1-6-7-8-9-10-11-12-15(20-13-14-21(2)3)16-17(24)22(4)19(26)23(5)18(16)25/h24H,6-14H2,1-5H3. The number of rotatable bonds is 11. The molecule has 0 aliphatic rings. The lowest BCUT2D eigenvalue weighted by Gasteiger charge is -2.13. The van der Waals surface area contributed by atoms with Gasteiger partial charge >= 0.3 is 5.69 Å². The smallest absolute Gasteiger partial charge is 0.333 e. The Morgan fingerprint density at radius 3 is 2.27 bits per heavy atom. The zero-order valence-corrected chi connectivity index (χ0v) is 16.9. The molecule has 1 N–H and O–H groups in total. The first-order valence-corrected chi connectivity index (χ1v) is 9.48. The number of nitrogens with zero attached hydrogens (tertiary/aromatic N) is 4. The molecular weight excluding hydrogens is 332 g/mol. The van der Waals surface area contributed by atoms with Crippen molar-refractivity contribution < 1.29 is 5.11 Å². The summed E-state index contributed by atoms with van der Waals surface area (Å²) >= 11 is 0. The summed E-state index contributed by atoms with van der Waals surface area (Å²) < 4.78 is 2.12. The maximum absolute atomic E-state index is 12.6. The SMILES string of the molecule is CCCCCCCCC(=NCCN(C)C)c1c(O)n(C)c(=O)n(C)c1=O. The van der Waals surface area contributed by atoms with Crippen LogP contribution in [0.4, 0.5) is 0 Å². The third kappa shape index (κ3) is 6.12. The monoisotopic (exact) mass is 366 g/mol. The summed E-state index contributed by atoms with van der Waals surface area (Å²) in [5.41, 5.74) is -0.276. The van der Waals surface area contributed by atoms with Crippen molar-refractivity contribution in [2.45, 2.75) is 51.9 Å². The van der Waals surface area contributed by atoms with Crippen LogP contribution in [0.5, 0.6) is 5.88 Å². The van der Waals surface area contributed by atoms with Crippen molar-refractivity contribution in [2.75, 3.05) is 27.2 Å². The van der Waals surface area contributed by atoms with E-state index in [2.05, 4.69) is 11.9 Å². The van der Waals surface area contributed by atoms with Gasteiger partial charge in [-0.25, -0.2) is 4.79 Å². The molecule has 1 aromatic heterocycles. The van der Waals surface area contributed by atoms with E-state index in [9.17, 15) is 14.7 Å². The number of aliphatic imine (C=N–C) groups is 1. The summed E-state index contributed by atoms with van der Waals surface area (Å²) in [6.07, 6.45) is 7.44. The summed E-state index contributed by atoms with van der Waals surface area (Å²) in [6.45, 7) is 3.49. The highest BCUT2D eigenvalue weighted by Crippen LogP contribution is 2.16. The van der Waals surface area contributed by atoms with Crippen LogP contribution >= 0.6 is 0 Å². The molecule has 1 rings (SSSR count). The number of aromatic hydroxyl groups is 1. The van der Waals surface area contributed by atoms with Crippen LogP contribution in [0.25, 0.3) is 0 Å². The van der Waals surface area contributed by atoms with Crippen molar-refractivity contribution in [1.82, 2.24) is 14.0 Å². The molecule has 0 aliphatic heterocycles. The minimum absolute atomic E-state index is 0.155. The topological polar surface area (TPSA) is 79.8 Å². The molecule has 26 heavy (non-hydrogen) atoms. The third-order valence-corrected chi connectivity index (χ3v) is 4.54. The first kappa shape index (κ1) is 22.2. The van der Waals surface area contributed by atoms with Crippen LogP contribution in [0.1, 0.15) is 57.4 Å². The summed E-state index contributed by atoms with van der Waals surface area (Å²) in [6, 6.07) is 0. The van der Waals surface area contributed by atoms with Crippen molar-refractivity contribution >= 4 is 5.71 Å². The van der Waals surface area contributed by atoms with Crippen molar-refractivity contribution in [1.29, 1.82) is 0 Å². The molecule has 0 saturated carbocycles. The van der Waals surface area contributed by atoms with E-state index in [0.29, 0.717) is 18.7 Å². The lowest BCUT2D eigenvalue weighted by Crippen LogP contribution is -2.40. The van der Waals surface area contributed by atoms with Crippen LogP contribution in [-0.4, -0.2) is 52.0 Å². The van der Waals surface area contributed by atoms with Gasteiger partial charge in [0.1, 0.15) is 5.56 Å². The van der Waals surface area contributed by atoms with Gasteiger partial charge in [0.2, 0.25) is 5.88 Å². The minimum Gasteiger partial charge on any atom is -0.494 e. The molecule has 1 aromatic rings. The van der Waals surface area contributed by atoms with Crippen molar-refractivity contribution in [2.24, 2.45) is 19.1 Å². The van der Waals surface area contributed by atoms with Crippen molar-refractivity contribution in [3.8, 4) is 5.88 Å². The highest BCUT2D eigenvalue weighted by Gasteiger charge is 2.19. The molecule has 148 valence electrons. The zero-order chi connectivity index (χ0) is 19.7. The molecule has 0 bridgehead atoms. The second kappa shape index (κ2) is 11.0. The summed E-state index contributed by atoms with van der Waals surface area (Å²) in [5.74, 6) is -0.298. The molecular formula is C19H34N4O3. The predicted octanol–water partition coefficient (Wildman–Crippen LogP) is 1.89. The van der Waals surface area contributed by atoms with Gasteiger partial charge in [-0.3, -0.25) is 18.9 Å². The first-order chi connectivity index (χ1) is 12.3. The van der Waals surface area contributed by atoms with E-state index in [-0.39, 0.29) is 11.4 Å². The van der Waals surface area contributed by atoms with Gasteiger partial charge in [0, 0.05) is 20.6 Å². The van der Waals surface area contributed by atoms with E-state index in [0.717, 1.165) is 34.9 Å². The fraction of sp³-hybridized carbons (Fsp3) is 0.737. The van der Waals surface area contributed by atoms with E-state index in [1.165, 1.54) is 33.4 Å². The van der Waals surface area contributed by atoms with E-state index < -0.39 is 11.2 Å². The summed E-state index contributed by atoms with van der Waals surface area (Å²) in [7, 11) is 6.82. The Morgan fingerprint density at radius 1 is 1.04 bits per heavy atom. The normalized spacial score (nSPS) is 12.2. The highest BCUT2D eigenvalue weighted by molar-refractivity contribution is 6.02. The fourth-order valence-electron chi connectivity index (χ4n) is 2.83. The number of likely N-dealkylation sites (N-methyl/N-ethyl adjacent to an activating group) is 1. The highest BCUT2D eigenvalue weighted by atomic mass is 16.3. The summed E-state index contributed by atoms with van der Waals surface area (Å²) in [5, 5.41) is 10.4. The molecule has 0 fully saturated rings. The molecule has 0 amide bonds. The van der Waals surface area contributed by atoms with Crippen LogP contribution < -0.4 is 11.2 Å². The Balaban J connectivity index is 3.06. The molecule has 0 atom stereocenters. The van der Waals surface area contributed by atoms with Gasteiger partial charge in [-0.05, 0) is 26.9 Å². The van der Waals surface area contributed by atoms with Gasteiger partial charge in [0.15, 0.2) is 0 Å². The van der Waals surface area contributed by atoms with Crippen molar-refractivity contribution in [3.63, 3.8) is 0 Å². The zero-order valence-electron chi connectivity index (χ0n) is 16.9. The Hall–Kier alpha value is -1.89. The van der Waals surface area contributed by atoms with Gasteiger partial charge < -0.3 is 10.0 Å². The van der Waals surface area contributed by atoms with Crippen molar-refractivity contribution in [3.05, 3.63) is 26.4 Å². The second-order valence-corrected chi connectivity index (χ2v) is 7.05. The molecule has 0 aliphatic carbocycles. The number of unbranched alkanes of at least 4 members (excludes halogenated alkanes) is 5. The largest absolute Gasteiger partial charge is 0.494 e. The van der Waals surface area contributed by atoms with Crippen LogP contribution in [0, 0.1) is 0 Å². The maximum Gasteiger partial charge on any atom is 0.333 e. The van der Waals surface area contributed by atoms with Crippen LogP contribution in [0.3, 0.4) is 0 Å². The maximum atomic E-state index is 12.6. The molecule has 0 saturated heterocycles. The fourth-order valence-corrected chi connectivity index (χ4v) is 2.83. The van der Waals surface area contributed by atoms with E-state index in [1.54, 1.807) is 0 Å². The molecule has 7 heteroatoms. The number of hydrogen-bond acceptors (Lipinski definition) is 5. The van der Waals surface area contributed by atoms with E-state index in [1.807, 2.05) is 19.0 Å². The van der Waals surface area contributed by atoms with Crippen LogP contribution in [-0.2, 0) is 14.1 Å². The number of hydrogen-bond donors (Lipinski definition) is 1. The van der Waals surface area contributed by atoms with Gasteiger partial charge in [-0.2, -0.15) is 0 Å². The molecule has 0 unspecified atom stereocenters. The van der Waals surface area contributed by atoms with Gasteiger partial charge in [0.05, 0.1) is 12.3 Å². The van der Waals surface area contributed by atoms with Gasteiger partial charge in [-0.1, -0.05) is 39.0 Å². The van der Waals surface area contributed by atoms with Crippen LogP contribution in [0.2, 0.25) is 0 Å². The molecule has 0 spiro atoms. The lowest BCUT2D eigenvalue weighted by atomic mass is 10.0. The molecule has 0 aromatic carbocycles. The number of aromatic nitrogens is 2. The Bertz CT molecular complexity index is 717. The first-order valence-electron chi connectivity index (χ1n) is 9.48. The molecule has 1 heterocycles. The van der Waals surface area contributed by atoms with E-state index in [4.69, 9.17) is 0 Å². The van der Waals surface area contributed by atoms with Gasteiger partial charge in [0.25, 0.3) is 5.56 Å². The Labute approximate surface area is 156 Å². The quantitative estimate of drug-likeness (QED) is 0.479. The minimum atomic E-state index is -0.538. The van der Waals surface area contributed by atoms with E-state index >= 15 is 0 Å². The summed E-state index contributed by atoms with van der Waals surface area (Å²) in [4.78, 5) is 31.1. The van der Waals surface area contributed by atoms with Crippen LogP contribution in [0.15, 0.2) is 14.6 Å². The second-order valence-electron chi connectivity index (χ2n) is 7.05. The third-order valence-electron chi connectivity index (χ3n) is 4.54. The average Bonchev–Trinajstić information content (AvgIpc) is 2.60. The molecule has 0 radical (unpaired) electrons. The Morgan fingerprint density at radius 2 is 1.65 bits per heavy atom. The van der Waals surface area contributed by atoms with Gasteiger partial charge in [-0.15, -0.1) is 0 Å². The molecule has 7 nitrogen and oxygen atoms in total. The predicted molar refractivity (Wildman–Crippen MR) is 107 cm³/mol. The lowest BCUT2D eigenvalue weighted by molar-refractivity contribution is 0.409. The Kier molecular flexibility index (Phi) is 9.34. The average molecular weight is 367 g/mol.